The number of benzene rings is 1. The molecule has 0 atom stereocenters. The lowest BCUT2D eigenvalue weighted by Gasteiger charge is -2.43. The van der Waals surface area contributed by atoms with Gasteiger partial charge in [0.05, 0.1) is 5.69 Å². The molecule has 0 saturated heterocycles. The predicted molar refractivity (Wildman–Crippen MR) is 110 cm³/mol. The van der Waals surface area contributed by atoms with E-state index < -0.39 is 0 Å². The molecule has 0 aliphatic heterocycles. The van der Waals surface area contributed by atoms with Crippen LogP contribution in [-0.2, 0) is 22.7 Å². The van der Waals surface area contributed by atoms with Gasteiger partial charge in [0.2, 0.25) is 0 Å². The Kier molecular flexibility index (Phi) is 3.88. The van der Waals surface area contributed by atoms with Crippen molar-refractivity contribution in [2.75, 3.05) is 0 Å². The summed E-state index contributed by atoms with van der Waals surface area (Å²) in [6.07, 6.45) is 8.14. The highest BCUT2D eigenvalue weighted by molar-refractivity contribution is 5.53. The molecule has 1 saturated carbocycles. The van der Waals surface area contributed by atoms with Gasteiger partial charge in [-0.2, -0.15) is 0 Å². The zero-order valence-electron chi connectivity index (χ0n) is 17.4. The minimum absolute atomic E-state index is 0.156. The van der Waals surface area contributed by atoms with E-state index in [0.717, 1.165) is 6.42 Å². The Morgan fingerprint density at radius 1 is 0.846 bits per heavy atom. The smallest absolute Gasteiger partial charge is 0.0509 e. The molecule has 4 rings (SSSR count). The zero-order chi connectivity index (χ0) is 18.7. The van der Waals surface area contributed by atoms with E-state index in [-0.39, 0.29) is 16.2 Å². The van der Waals surface area contributed by atoms with Crippen molar-refractivity contribution in [2.45, 2.75) is 89.9 Å². The second-order valence-corrected chi connectivity index (χ2v) is 9.97. The first kappa shape index (κ1) is 17.8. The van der Waals surface area contributed by atoms with E-state index in [1.165, 1.54) is 48.1 Å². The first-order chi connectivity index (χ1) is 12.2. The largest absolute Gasteiger partial charge is 0.260 e. The Bertz CT molecular complexity index is 835. The minimum atomic E-state index is 0.156. The van der Waals surface area contributed by atoms with Gasteiger partial charge in [-0.05, 0) is 83.7 Å². The Balaban J connectivity index is 1.85. The molecule has 1 nitrogen and oxygen atoms in total. The second-order valence-electron chi connectivity index (χ2n) is 9.97. The van der Waals surface area contributed by atoms with E-state index in [2.05, 4.69) is 72.0 Å². The molecule has 1 aromatic carbocycles. The van der Waals surface area contributed by atoms with Gasteiger partial charge in [0.1, 0.15) is 0 Å². The maximum absolute atomic E-state index is 4.88. The first-order valence-electron chi connectivity index (χ1n) is 10.3. The average Bonchev–Trinajstić information content (AvgIpc) is 3.40. The van der Waals surface area contributed by atoms with E-state index in [4.69, 9.17) is 4.98 Å². The van der Waals surface area contributed by atoms with Gasteiger partial charge in [-0.3, -0.25) is 4.98 Å². The standard InChI is InChI=1S/C25H33N/c1-7-18-8-9-22(26-16-18)25(12-13-25)19-15-21-20(14-17(19)2)23(3,4)10-11-24(21,5)6/h8-9,14-16H,7,10-13H2,1-6H3. The summed E-state index contributed by atoms with van der Waals surface area (Å²) in [4.78, 5) is 4.88. The number of nitrogens with zero attached hydrogens (tertiary/aromatic N) is 1. The summed E-state index contributed by atoms with van der Waals surface area (Å²) >= 11 is 0. The van der Waals surface area contributed by atoms with Crippen LogP contribution >= 0.6 is 0 Å². The minimum Gasteiger partial charge on any atom is -0.260 e. The Labute approximate surface area is 159 Å². The van der Waals surface area contributed by atoms with Crippen molar-refractivity contribution >= 4 is 0 Å². The molecule has 1 fully saturated rings. The highest BCUT2D eigenvalue weighted by atomic mass is 14.7. The van der Waals surface area contributed by atoms with Gasteiger partial charge in [0, 0.05) is 11.6 Å². The summed E-state index contributed by atoms with van der Waals surface area (Å²) in [6.45, 7) is 14.2. The summed E-state index contributed by atoms with van der Waals surface area (Å²) in [5.74, 6) is 0. The van der Waals surface area contributed by atoms with Crippen LogP contribution in [0.3, 0.4) is 0 Å². The van der Waals surface area contributed by atoms with Crippen LogP contribution in [-0.4, -0.2) is 4.98 Å². The summed E-state index contributed by atoms with van der Waals surface area (Å²) in [7, 11) is 0. The summed E-state index contributed by atoms with van der Waals surface area (Å²) < 4.78 is 0. The molecule has 1 aromatic heterocycles. The number of aromatic nitrogens is 1. The molecule has 0 bridgehead atoms. The molecule has 0 amide bonds. The van der Waals surface area contributed by atoms with Gasteiger partial charge in [-0.15, -0.1) is 0 Å². The van der Waals surface area contributed by atoms with Gasteiger partial charge in [0.25, 0.3) is 0 Å². The zero-order valence-corrected chi connectivity index (χ0v) is 17.4. The molecule has 2 aliphatic rings. The lowest BCUT2D eigenvalue weighted by molar-refractivity contribution is 0.331. The number of hydrogen-bond donors (Lipinski definition) is 0. The van der Waals surface area contributed by atoms with E-state index in [9.17, 15) is 0 Å². The van der Waals surface area contributed by atoms with Crippen LogP contribution in [0.1, 0.15) is 93.8 Å². The molecule has 0 unspecified atom stereocenters. The van der Waals surface area contributed by atoms with Crippen molar-refractivity contribution in [3.8, 4) is 0 Å². The van der Waals surface area contributed by atoms with Crippen molar-refractivity contribution in [1.29, 1.82) is 0 Å². The lowest BCUT2D eigenvalue weighted by atomic mass is 9.62. The molecule has 1 heteroatoms. The summed E-state index contributed by atoms with van der Waals surface area (Å²) in [6, 6.07) is 9.61. The molecule has 0 spiro atoms. The maximum Gasteiger partial charge on any atom is 0.0509 e. The fourth-order valence-electron chi connectivity index (χ4n) is 4.94. The van der Waals surface area contributed by atoms with Crippen molar-refractivity contribution in [3.05, 3.63) is 64.0 Å². The van der Waals surface area contributed by atoms with E-state index in [0.29, 0.717) is 0 Å². The number of pyridine rings is 1. The molecule has 2 aliphatic carbocycles. The second kappa shape index (κ2) is 5.68. The number of fused-ring (bicyclic) bond motifs is 1. The molecule has 138 valence electrons. The predicted octanol–water partition coefficient (Wildman–Crippen LogP) is 6.38. The van der Waals surface area contributed by atoms with Crippen molar-refractivity contribution in [3.63, 3.8) is 0 Å². The summed E-state index contributed by atoms with van der Waals surface area (Å²) in [5.41, 5.74) is 9.43. The number of hydrogen-bond acceptors (Lipinski definition) is 1. The third-order valence-corrected chi connectivity index (χ3v) is 7.19. The molecule has 0 N–H and O–H groups in total. The third-order valence-electron chi connectivity index (χ3n) is 7.19. The van der Waals surface area contributed by atoms with E-state index >= 15 is 0 Å². The van der Waals surface area contributed by atoms with Gasteiger partial charge in [-0.1, -0.05) is 52.8 Å². The van der Waals surface area contributed by atoms with E-state index in [1.54, 1.807) is 11.1 Å². The van der Waals surface area contributed by atoms with Gasteiger partial charge < -0.3 is 0 Å². The highest BCUT2D eigenvalue weighted by Crippen LogP contribution is 2.56. The third kappa shape index (κ3) is 2.63. The van der Waals surface area contributed by atoms with E-state index in [1.807, 2.05) is 0 Å². The van der Waals surface area contributed by atoms with Crippen molar-refractivity contribution in [1.82, 2.24) is 4.98 Å². The van der Waals surface area contributed by atoms with Crippen LogP contribution in [0.5, 0.6) is 0 Å². The van der Waals surface area contributed by atoms with Crippen LogP contribution in [0.4, 0.5) is 0 Å². The number of rotatable bonds is 3. The van der Waals surface area contributed by atoms with Crippen LogP contribution in [0, 0.1) is 6.92 Å². The van der Waals surface area contributed by atoms with Gasteiger partial charge >= 0.3 is 0 Å². The van der Waals surface area contributed by atoms with Crippen LogP contribution in [0.2, 0.25) is 0 Å². The molecular formula is C25H33N. The van der Waals surface area contributed by atoms with Gasteiger partial charge in [0.15, 0.2) is 0 Å². The average molecular weight is 348 g/mol. The van der Waals surface area contributed by atoms with Crippen molar-refractivity contribution in [2.24, 2.45) is 0 Å². The molecular weight excluding hydrogens is 314 g/mol. The molecule has 2 aromatic rings. The van der Waals surface area contributed by atoms with Gasteiger partial charge in [-0.25, -0.2) is 0 Å². The summed E-state index contributed by atoms with van der Waals surface area (Å²) in [5, 5.41) is 0. The Morgan fingerprint density at radius 3 is 1.96 bits per heavy atom. The van der Waals surface area contributed by atoms with Crippen LogP contribution in [0.15, 0.2) is 30.5 Å². The normalized spacial score (nSPS) is 21.9. The Hall–Kier alpha value is -1.63. The highest BCUT2D eigenvalue weighted by Gasteiger charge is 2.49. The maximum atomic E-state index is 4.88. The first-order valence-corrected chi connectivity index (χ1v) is 10.3. The molecule has 1 heterocycles. The quantitative estimate of drug-likeness (QED) is 0.627. The SMILES string of the molecule is CCc1ccc(C2(c3cc4c(cc3C)C(C)(C)CCC4(C)C)CC2)nc1. The van der Waals surface area contributed by atoms with Crippen LogP contribution < -0.4 is 0 Å². The fourth-order valence-corrected chi connectivity index (χ4v) is 4.94. The molecule has 26 heavy (non-hydrogen) atoms. The van der Waals surface area contributed by atoms with Crippen molar-refractivity contribution < 1.29 is 0 Å². The van der Waals surface area contributed by atoms with Crippen LogP contribution in [0.25, 0.3) is 0 Å². The number of aryl methyl sites for hydroxylation is 2. The monoisotopic (exact) mass is 347 g/mol. The fraction of sp³-hybridized carbons (Fsp3) is 0.560. The Morgan fingerprint density at radius 2 is 1.46 bits per heavy atom. The molecule has 0 radical (unpaired) electrons. The lowest BCUT2D eigenvalue weighted by Crippen LogP contribution is -2.34. The topological polar surface area (TPSA) is 12.9 Å².